The van der Waals surface area contributed by atoms with Crippen molar-refractivity contribution in [1.82, 2.24) is 4.31 Å². The van der Waals surface area contributed by atoms with Gasteiger partial charge in [0.2, 0.25) is 21.8 Å². The molecule has 0 unspecified atom stereocenters. The van der Waals surface area contributed by atoms with Crippen molar-refractivity contribution in [3.63, 3.8) is 0 Å². The summed E-state index contributed by atoms with van der Waals surface area (Å²) in [5, 5.41) is 2.77. The summed E-state index contributed by atoms with van der Waals surface area (Å²) in [6.07, 6.45) is 3.02. The van der Waals surface area contributed by atoms with Crippen molar-refractivity contribution in [3.05, 3.63) is 53.6 Å². The van der Waals surface area contributed by atoms with Gasteiger partial charge in [-0.1, -0.05) is 18.6 Å². The van der Waals surface area contributed by atoms with Gasteiger partial charge in [-0.3, -0.25) is 19.3 Å². The van der Waals surface area contributed by atoms with E-state index in [1.165, 1.54) is 16.4 Å². The number of hydrogen-bond acceptors (Lipinski definition) is 5. The number of hydrogen-bond donors (Lipinski definition) is 1. The SMILES string of the molecule is Cc1ccc(S(=O)(=O)N2CCCCC2)cc1NC(=O)c1cccc(N2C(=O)CCC2=O)c1. The molecule has 0 radical (unpaired) electrons. The Bertz CT molecular complexity index is 1170. The number of rotatable bonds is 5. The summed E-state index contributed by atoms with van der Waals surface area (Å²) in [6, 6.07) is 11.0. The van der Waals surface area contributed by atoms with Crippen LogP contribution in [-0.4, -0.2) is 43.5 Å². The monoisotopic (exact) mass is 455 g/mol. The number of sulfonamides is 1. The molecule has 3 amide bonds. The Morgan fingerprint density at radius 3 is 2.31 bits per heavy atom. The van der Waals surface area contributed by atoms with Gasteiger partial charge in [0.1, 0.15) is 0 Å². The first-order chi connectivity index (χ1) is 15.3. The largest absolute Gasteiger partial charge is 0.322 e. The highest BCUT2D eigenvalue weighted by Crippen LogP contribution is 2.27. The minimum absolute atomic E-state index is 0.141. The number of carbonyl (C=O) groups excluding carboxylic acids is 3. The van der Waals surface area contributed by atoms with Gasteiger partial charge in [0, 0.05) is 37.2 Å². The topological polar surface area (TPSA) is 104 Å². The number of anilines is 2. The average Bonchev–Trinajstić information content (AvgIpc) is 3.13. The first-order valence-electron chi connectivity index (χ1n) is 10.7. The molecule has 2 heterocycles. The van der Waals surface area contributed by atoms with E-state index in [2.05, 4.69) is 5.32 Å². The van der Waals surface area contributed by atoms with Crippen molar-refractivity contribution in [2.75, 3.05) is 23.3 Å². The molecular formula is C23H25N3O5S. The lowest BCUT2D eigenvalue weighted by atomic mass is 10.1. The van der Waals surface area contributed by atoms with Crippen LogP contribution in [0.15, 0.2) is 47.4 Å². The fourth-order valence-corrected chi connectivity index (χ4v) is 5.54. The lowest BCUT2D eigenvalue weighted by Gasteiger charge is -2.26. The fraction of sp³-hybridized carbons (Fsp3) is 0.348. The van der Waals surface area contributed by atoms with E-state index < -0.39 is 15.9 Å². The third-order valence-electron chi connectivity index (χ3n) is 5.83. The quantitative estimate of drug-likeness (QED) is 0.698. The maximum atomic E-state index is 13.0. The van der Waals surface area contributed by atoms with Gasteiger partial charge in [-0.05, 0) is 55.7 Å². The van der Waals surface area contributed by atoms with E-state index >= 15 is 0 Å². The van der Waals surface area contributed by atoms with Gasteiger partial charge in [0.25, 0.3) is 5.91 Å². The average molecular weight is 456 g/mol. The lowest BCUT2D eigenvalue weighted by molar-refractivity contribution is -0.121. The number of piperidine rings is 1. The number of carbonyl (C=O) groups is 3. The molecule has 0 aliphatic carbocycles. The van der Waals surface area contributed by atoms with Crippen LogP contribution < -0.4 is 10.2 Å². The normalized spacial score (nSPS) is 17.6. The van der Waals surface area contributed by atoms with Crippen LogP contribution in [0.5, 0.6) is 0 Å². The molecular weight excluding hydrogens is 430 g/mol. The van der Waals surface area contributed by atoms with Crippen molar-refractivity contribution in [2.24, 2.45) is 0 Å². The summed E-state index contributed by atoms with van der Waals surface area (Å²) in [6.45, 7) is 2.78. The highest BCUT2D eigenvalue weighted by molar-refractivity contribution is 7.89. The summed E-state index contributed by atoms with van der Waals surface area (Å²) in [5.74, 6) is -1.04. The Hall–Kier alpha value is -3.04. The van der Waals surface area contributed by atoms with Gasteiger partial charge in [-0.15, -0.1) is 0 Å². The molecule has 2 aliphatic rings. The van der Waals surface area contributed by atoms with E-state index in [0.29, 0.717) is 24.5 Å². The summed E-state index contributed by atoms with van der Waals surface area (Å²) < 4.78 is 27.5. The van der Waals surface area contributed by atoms with Crippen molar-refractivity contribution >= 4 is 39.1 Å². The Morgan fingerprint density at radius 2 is 1.62 bits per heavy atom. The van der Waals surface area contributed by atoms with Gasteiger partial charge in [-0.25, -0.2) is 8.42 Å². The number of nitrogens with zero attached hydrogens (tertiary/aromatic N) is 2. The fourth-order valence-electron chi connectivity index (χ4n) is 4.00. The first-order valence-corrected chi connectivity index (χ1v) is 12.1. The molecule has 2 saturated heterocycles. The van der Waals surface area contributed by atoms with Crippen LogP contribution in [0.3, 0.4) is 0 Å². The van der Waals surface area contributed by atoms with Gasteiger partial charge < -0.3 is 5.32 Å². The second-order valence-electron chi connectivity index (χ2n) is 8.07. The molecule has 1 N–H and O–H groups in total. The minimum atomic E-state index is -3.63. The summed E-state index contributed by atoms with van der Waals surface area (Å²) >= 11 is 0. The zero-order valence-corrected chi connectivity index (χ0v) is 18.7. The van der Waals surface area contributed by atoms with Gasteiger partial charge in [0.05, 0.1) is 10.6 Å². The van der Waals surface area contributed by atoms with Crippen LogP contribution in [0, 0.1) is 6.92 Å². The first kappa shape index (κ1) is 22.2. The van der Waals surface area contributed by atoms with Crippen molar-refractivity contribution in [3.8, 4) is 0 Å². The molecule has 2 aromatic rings. The third-order valence-corrected chi connectivity index (χ3v) is 7.72. The molecule has 0 bridgehead atoms. The Morgan fingerprint density at radius 1 is 0.938 bits per heavy atom. The van der Waals surface area contributed by atoms with Crippen molar-refractivity contribution in [1.29, 1.82) is 0 Å². The number of aryl methyl sites for hydroxylation is 1. The predicted octanol–water partition coefficient (Wildman–Crippen LogP) is 3.08. The summed E-state index contributed by atoms with van der Waals surface area (Å²) in [7, 11) is -3.63. The number of amides is 3. The third kappa shape index (κ3) is 4.31. The van der Waals surface area contributed by atoms with E-state index in [0.717, 1.165) is 29.7 Å². The summed E-state index contributed by atoms with van der Waals surface area (Å²) in [4.78, 5) is 38.1. The molecule has 2 aliphatic heterocycles. The molecule has 0 spiro atoms. The Labute approximate surface area is 187 Å². The molecule has 9 heteroatoms. The molecule has 2 fully saturated rings. The van der Waals surface area contributed by atoms with Crippen molar-refractivity contribution in [2.45, 2.75) is 43.9 Å². The lowest BCUT2D eigenvalue weighted by Crippen LogP contribution is -2.35. The highest BCUT2D eigenvalue weighted by atomic mass is 32.2. The second-order valence-corrected chi connectivity index (χ2v) is 10.0. The maximum absolute atomic E-state index is 13.0. The Balaban J connectivity index is 1.57. The number of benzene rings is 2. The van der Waals surface area contributed by atoms with E-state index in [9.17, 15) is 22.8 Å². The Kier molecular flexibility index (Phi) is 6.12. The van der Waals surface area contributed by atoms with E-state index in [4.69, 9.17) is 0 Å². The van der Waals surface area contributed by atoms with Crippen LogP contribution in [0.1, 0.15) is 48.0 Å². The number of imide groups is 1. The van der Waals surface area contributed by atoms with Crippen LogP contribution in [0.25, 0.3) is 0 Å². The van der Waals surface area contributed by atoms with Gasteiger partial charge >= 0.3 is 0 Å². The molecule has 0 aromatic heterocycles. The number of nitrogens with one attached hydrogen (secondary N) is 1. The van der Waals surface area contributed by atoms with E-state index in [1.807, 2.05) is 0 Å². The van der Waals surface area contributed by atoms with E-state index in [-0.39, 0.29) is 35.1 Å². The standard InChI is InChI=1S/C23H25N3O5S/c1-16-8-9-19(32(30,31)25-12-3-2-4-13-25)15-20(16)24-23(29)17-6-5-7-18(14-17)26-21(27)10-11-22(26)28/h5-9,14-15H,2-4,10-13H2,1H3,(H,24,29). The van der Waals surface area contributed by atoms with Crippen LogP contribution in [0.4, 0.5) is 11.4 Å². The molecule has 8 nitrogen and oxygen atoms in total. The van der Waals surface area contributed by atoms with Gasteiger partial charge in [0.15, 0.2) is 0 Å². The molecule has 2 aromatic carbocycles. The molecule has 0 saturated carbocycles. The van der Waals surface area contributed by atoms with Crippen LogP contribution in [-0.2, 0) is 19.6 Å². The van der Waals surface area contributed by atoms with E-state index in [1.54, 1.807) is 37.3 Å². The predicted molar refractivity (Wildman–Crippen MR) is 120 cm³/mol. The van der Waals surface area contributed by atoms with Gasteiger partial charge in [-0.2, -0.15) is 4.31 Å². The van der Waals surface area contributed by atoms with Crippen molar-refractivity contribution < 1.29 is 22.8 Å². The summed E-state index contributed by atoms with van der Waals surface area (Å²) in [5.41, 5.74) is 1.73. The van der Waals surface area contributed by atoms with Crippen LogP contribution in [0.2, 0.25) is 0 Å². The molecule has 168 valence electrons. The van der Waals surface area contributed by atoms with Crippen LogP contribution >= 0.6 is 0 Å². The molecule has 0 atom stereocenters. The minimum Gasteiger partial charge on any atom is -0.322 e. The highest BCUT2D eigenvalue weighted by Gasteiger charge is 2.31. The second kappa shape index (κ2) is 8.84. The molecule has 4 rings (SSSR count). The zero-order valence-electron chi connectivity index (χ0n) is 17.8. The molecule has 32 heavy (non-hydrogen) atoms. The zero-order chi connectivity index (χ0) is 22.9. The maximum Gasteiger partial charge on any atom is 0.255 e. The smallest absolute Gasteiger partial charge is 0.255 e.